The van der Waals surface area contributed by atoms with Crippen molar-refractivity contribution in [2.45, 2.75) is 11.8 Å². The molecule has 0 aliphatic heterocycles. The third kappa shape index (κ3) is 3.65. The van der Waals surface area contributed by atoms with Crippen LogP contribution in [0.3, 0.4) is 0 Å². The van der Waals surface area contributed by atoms with Gasteiger partial charge in [-0.05, 0) is 36.8 Å². The topological polar surface area (TPSA) is 124 Å². The molecule has 0 fully saturated rings. The largest absolute Gasteiger partial charge is 0.421 e. The maximum absolute atomic E-state index is 13.8. The van der Waals surface area contributed by atoms with Gasteiger partial charge in [0.15, 0.2) is 17.2 Å². The smallest absolute Gasteiger partial charge is 0.324 e. The fraction of sp³-hybridized carbons (Fsp3) is 0.0556. The van der Waals surface area contributed by atoms with Gasteiger partial charge in [0, 0.05) is 17.8 Å². The lowest BCUT2D eigenvalue weighted by atomic mass is 10.0. The van der Waals surface area contributed by atoms with Crippen molar-refractivity contribution in [3.63, 3.8) is 0 Å². The minimum atomic E-state index is -3.89. The molecule has 0 unspecified atom stereocenters. The van der Waals surface area contributed by atoms with E-state index in [-0.39, 0.29) is 22.3 Å². The van der Waals surface area contributed by atoms with Crippen LogP contribution < -0.4 is 9.88 Å². The first-order chi connectivity index (χ1) is 13.7. The van der Waals surface area contributed by atoms with Crippen molar-refractivity contribution >= 4 is 21.1 Å². The molecule has 0 saturated heterocycles. The molecule has 0 amide bonds. The number of nitrogens with two attached hydrogens (primary N) is 1. The summed E-state index contributed by atoms with van der Waals surface area (Å²) in [5.41, 5.74) is 2.00. The van der Waals surface area contributed by atoms with Crippen LogP contribution in [0.15, 0.2) is 47.5 Å². The first-order valence-electron chi connectivity index (χ1n) is 8.20. The second kappa shape index (κ2) is 6.87. The van der Waals surface area contributed by atoms with Gasteiger partial charge in [0.2, 0.25) is 10.0 Å². The van der Waals surface area contributed by atoms with Crippen LogP contribution in [0.25, 0.3) is 22.3 Å². The van der Waals surface area contributed by atoms with Gasteiger partial charge in [0.05, 0.1) is 10.3 Å². The number of benzene rings is 2. The first kappa shape index (κ1) is 18.9. The molecule has 3 N–H and O–H groups in total. The van der Waals surface area contributed by atoms with E-state index >= 15 is 0 Å². The second-order valence-corrected chi connectivity index (χ2v) is 7.75. The molecule has 0 spiro atoms. The number of hydrogen-bond donors (Lipinski definition) is 2. The number of aromatic nitrogens is 4. The van der Waals surface area contributed by atoms with Gasteiger partial charge in [-0.1, -0.05) is 6.07 Å². The highest BCUT2D eigenvalue weighted by atomic mass is 32.2. The second-order valence-electron chi connectivity index (χ2n) is 6.19. The number of primary sulfonamides is 1. The summed E-state index contributed by atoms with van der Waals surface area (Å²) in [5.74, 6) is -1.86. The minimum Gasteiger partial charge on any atom is -0.421 e. The fourth-order valence-corrected chi connectivity index (χ4v) is 3.28. The van der Waals surface area contributed by atoms with Gasteiger partial charge < -0.3 is 4.74 Å². The van der Waals surface area contributed by atoms with Crippen molar-refractivity contribution < 1.29 is 21.9 Å². The summed E-state index contributed by atoms with van der Waals surface area (Å²) >= 11 is 0. The van der Waals surface area contributed by atoms with Crippen LogP contribution in [0.4, 0.5) is 8.78 Å². The SMILES string of the molecule is Cc1ccc(S(N)(=O)=O)cc1-c1n[nH]c2nc(Oc3ccc(F)cc3F)ncc12. The number of sulfonamides is 1. The van der Waals surface area contributed by atoms with Gasteiger partial charge in [-0.25, -0.2) is 27.3 Å². The zero-order valence-corrected chi connectivity index (χ0v) is 15.7. The van der Waals surface area contributed by atoms with E-state index in [2.05, 4.69) is 20.2 Å². The molecule has 0 atom stereocenters. The summed E-state index contributed by atoms with van der Waals surface area (Å²) in [6.07, 6.45) is 1.40. The highest BCUT2D eigenvalue weighted by Gasteiger charge is 2.17. The van der Waals surface area contributed by atoms with Crippen LogP contribution >= 0.6 is 0 Å². The predicted octanol–water partition coefficient (Wildman–Crippen LogP) is 3.05. The van der Waals surface area contributed by atoms with Crippen LogP contribution in [-0.4, -0.2) is 28.6 Å². The van der Waals surface area contributed by atoms with E-state index in [1.165, 1.54) is 18.3 Å². The molecule has 2 aromatic heterocycles. The van der Waals surface area contributed by atoms with Crippen LogP contribution in [0, 0.1) is 18.6 Å². The number of hydrogen-bond acceptors (Lipinski definition) is 6. The lowest BCUT2D eigenvalue weighted by molar-refractivity contribution is 0.409. The lowest BCUT2D eigenvalue weighted by Crippen LogP contribution is -2.12. The molecular weight excluding hydrogens is 404 g/mol. The number of nitrogens with one attached hydrogen (secondary N) is 1. The zero-order chi connectivity index (χ0) is 20.8. The van der Waals surface area contributed by atoms with Gasteiger partial charge in [-0.3, -0.25) is 5.10 Å². The van der Waals surface area contributed by atoms with Crippen molar-refractivity contribution in [2.24, 2.45) is 5.14 Å². The molecule has 148 valence electrons. The van der Waals surface area contributed by atoms with Gasteiger partial charge in [0.1, 0.15) is 11.5 Å². The number of aromatic amines is 1. The fourth-order valence-electron chi connectivity index (χ4n) is 2.74. The molecule has 4 rings (SSSR count). The van der Waals surface area contributed by atoms with E-state index in [9.17, 15) is 17.2 Å². The maximum atomic E-state index is 13.8. The van der Waals surface area contributed by atoms with Crippen LogP contribution in [0.5, 0.6) is 11.8 Å². The molecule has 0 bridgehead atoms. The Labute approximate surface area is 163 Å². The average Bonchev–Trinajstić information content (AvgIpc) is 3.06. The zero-order valence-electron chi connectivity index (χ0n) is 14.8. The summed E-state index contributed by atoms with van der Waals surface area (Å²) in [5, 5.41) is 12.6. The Kier molecular flexibility index (Phi) is 4.47. The average molecular weight is 417 g/mol. The Morgan fingerprint density at radius 1 is 1.14 bits per heavy atom. The van der Waals surface area contributed by atoms with E-state index in [1.54, 1.807) is 13.0 Å². The highest BCUT2D eigenvalue weighted by molar-refractivity contribution is 7.89. The van der Waals surface area contributed by atoms with Gasteiger partial charge >= 0.3 is 6.01 Å². The Morgan fingerprint density at radius 2 is 1.93 bits per heavy atom. The van der Waals surface area contributed by atoms with Crippen molar-refractivity contribution in [2.75, 3.05) is 0 Å². The molecule has 0 radical (unpaired) electrons. The van der Waals surface area contributed by atoms with E-state index in [4.69, 9.17) is 9.88 Å². The van der Waals surface area contributed by atoms with Gasteiger partial charge in [0.25, 0.3) is 0 Å². The minimum absolute atomic E-state index is 0.0538. The molecule has 2 aromatic carbocycles. The highest BCUT2D eigenvalue weighted by Crippen LogP contribution is 2.31. The van der Waals surface area contributed by atoms with E-state index in [0.717, 1.165) is 17.7 Å². The summed E-state index contributed by atoms with van der Waals surface area (Å²) in [6.45, 7) is 1.79. The summed E-state index contributed by atoms with van der Waals surface area (Å²) in [7, 11) is -3.89. The molecule has 29 heavy (non-hydrogen) atoms. The number of nitrogens with zero attached hydrogens (tertiary/aromatic N) is 3. The number of H-pyrrole nitrogens is 1. The van der Waals surface area contributed by atoms with Crippen LogP contribution in [0.1, 0.15) is 5.56 Å². The number of rotatable bonds is 4. The molecule has 8 nitrogen and oxygen atoms in total. The van der Waals surface area contributed by atoms with Gasteiger partial charge in [-0.15, -0.1) is 0 Å². The molecule has 4 aromatic rings. The van der Waals surface area contributed by atoms with Crippen LogP contribution in [-0.2, 0) is 10.0 Å². The third-order valence-electron chi connectivity index (χ3n) is 4.18. The maximum Gasteiger partial charge on any atom is 0.324 e. The Balaban J connectivity index is 1.74. The van der Waals surface area contributed by atoms with E-state index in [1.807, 2.05) is 0 Å². The summed E-state index contributed by atoms with van der Waals surface area (Å²) in [4.78, 5) is 8.10. The molecule has 11 heteroatoms. The van der Waals surface area contributed by atoms with Crippen molar-refractivity contribution in [3.05, 3.63) is 59.8 Å². The van der Waals surface area contributed by atoms with E-state index in [0.29, 0.717) is 22.7 Å². The van der Waals surface area contributed by atoms with Crippen molar-refractivity contribution in [1.29, 1.82) is 0 Å². The quantitative estimate of drug-likeness (QED) is 0.526. The Bertz CT molecular complexity index is 1360. The molecule has 2 heterocycles. The van der Waals surface area contributed by atoms with Gasteiger partial charge in [-0.2, -0.15) is 10.1 Å². The number of fused-ring (bicyclic) bond motifs is 1. The normalized spacial score (nSPS) is 11.7. The number of halogens is 2. The molecule has 0 aliphatic rings. The Morgan fingerprint density at radius 3 is 2.66 bits per heavy atom. The molecule has 0 saturated carbocycles. The van der Waals surface area contributed by atoms with E-state index < -0.39 is 21.7 Å². The van der Waals surface area contributed by atoms with Crippen LogP contribution in [0.2, 0.25) is 0 Å². The Hall–Kier alpha value is -3.44. The number of ether oxygens (including phenoxy) is 1. The van der Waals surface area contributed by atoms with Crippen molar-refractivity contribution in [3.8, 4) is 23.0 Å². The molecule has 0 aliphatic carbocycles. The van der Waals surface area contributed by atoms with Crippen molar-refractivity contribution in [1.82, 2.24) is 20.2 Å². The summed E-state index contributed by atoms with van der Waals surface area (Å²) < 4.78 is 55.3. The summed E-state index contributed by atoms with van der Waals surface area (Å²) in [6, 6.07) is 7.12. The number of aryl methyl sites for hydroxylation is 1. The third-order valence-corrected chi connectivity index (χ3v) is 5.09. The predicted molar refractivity (Wildman–Crippen MR) is 99.7 cm³/mol. The lowest BCUT2D eigenvalue weighted by Gasteiger charge is -2.07. The standard InChI is InChI=1S/C18H13F2N5O3S/c1-9-2-4-11(29(21,26)27)7-12(9)16-13-8-22-18(23-17(13)25-24-16)28-15-5-3-10(19)6-14(15)20/h2-8H,1H3,(H2,21,26,27)(H,22,23,24,25). The first-order valence-corrected chi connectivity index (χ1v) is 9.75. The molecular formula is C18H13F2N5O3S. The monoisotopic (exact) mass is 417 g/mol.